The Labute approximate surface area is 186 Å². The number of carbonyl (C=O) groups excluding carboxylic acids is 1. The van der Waals surface area contributed by atoms with Gasteiger partial charge in [-0.15, -0.1) is 0 Å². The number of rotatable bonds is 5. The molecule has 1 fully saturated rings. The van der Waals surface area contributed by atoms with Gasteiger partial charge in [-0.2, -0.15) is 0 Å². The van der Waals surface area contributed by atoms with Gasteiger partial charge in [-0.05, 0) is 60.1 Å². The molecule has 2 atom stereocenters. The van der Waals surface area contributed by atoms with Crippen LogP contribution in [0.1, 0.15) is 78.8 Å². The molecule has 3 heterocycles. The summed E-state index contributed by atoms with van der Waals surface area (Å²) in [5.74, 6) is -0.105. The summed E-state index contributed by atoms with van der Waals surface area (Å²) in [6.45, 7) is 6.22. The lowest BCUT2D eigenvalue weighted by molar-refractivity contribution is 0.0947. The first kappa shape index (κ1) is 20.6. The minimum atomic E-state index is -0.333. The predicted octanol–water partition coefficient (Wildman–Crippen LogP) is 4.77. The van der Waals surface area contributed by atoms with Gasteiger partial charge in [0, 0.05) is 24.7 Å². The van der Waals surface area contributed by atoms with E-state index in [4.69, 9.17) is 4.52 Å². The van der Waals surface area contributed by atoms with Crippen molar-refractivity contribution in [2.75, 3.05) is 6.54 Å². The van der Waals surface area contributed by atoms with E-state index in [-0.39, 0.29) is 29.0 Å². The largest absolute Gasteiger partial charge is 0.508 e. The second kappa shape index (κ2) is 7.67. The molecule has 0 aliphatic carbocycles. The van der Waals surface area contributed by atoms with E-state index < -0.39 is 0 Å². The SMILES string of the molecule is CCNC(=O)c1noc(-c2cc(C(C)C)c(O)cc2O)c1-c1ccc2c(c1)C1CCC2N1. The van der Waals surface area contributed by atoms with Crippen molar-refractivity contribution in [3.05, 3.63) is 52.7 Å². The van der Waals surface area contributed by atoms with Gasteiger partial charge in [-0.3, -0.25) is 4.79 Å². The van der Waals surface area contributed by atoms with Crippen LogP contribution in [0.15, 0.2) is 34.9 Å². The van der Waals surface area contributed by atoms with Gasteiger partial charge < -0.3 is 25.4 Å². The van der Waals surface area contributed by atoms with Gasteiger partial charge >= 0.3 is 0 Å². The van der Waals surface area contributed by atoms with E-state index in [1.54, 1.807) is 6.07 Å². The van der Waals surface area contributed by atoms with Gasteiger partial charge in [0.25, 0.3) is 5.91 Å². The second-order valence-electron chi connectivity index (χ2n) is 8.87. The topological polar surface area (TPSA) is 108 Å². The molecule has 1 saturated heterocycles. The number of nitrogens with one attached hydrogen (secondary N) is 2. The Morgan fingerprint density at radius 2 is 1.91 bits per heavy atom. The molecule has 4 N–H and O–H groups in total. The van der Waals surface area contributed by atoms with Crippen LogP contribution in [-0.4, -0.2) is 27.8 Å². The van der Waals surface area contributed by atoms with Crippen LogP contribution in [0.5, 0.6) is 11.5 Å². The molecule has 166 valence electrons. The lowest BCUT2D eigenvalue weighted by Gasteiger charge is -2.15. The van der Waals surface area contributed by atoms with Crippen molar-refractivity contribution in [2.24, 2.45) is 0 Å². The third-order valence-corrected chi connectivity index (χ3v) is 6.53. The number of aromatic nitrogens is 1. The van der Waals surface area contributed by atoms with Crippen LogP contribution in [0.4, 0.5) is 0 Å². The minimum absolute atomic E-state index is 0.0193. The number of phenols is 2. The standard InChI is InChI=1S/C25H27N3O4/c1-4-26-25(31)23-22(13-5-6-14-16(9-13)19-8-7-18(14)27-19)24(32-28-23)17-10-15(12(2)3)20(29)11-21(17)30/h5-6,9-12,18-19,27,29-30H,4,7-8H2,1-3H3,(H,26,31). The van der Waals surface area contributed by atoms with Crippen molar-refractivity contribution in [1.82, 2.24) is 15.8 Å². The smallest absolute Gasteiger partial charge is 0.274 e. The molecule has 5 rings (SSSR count). The fourth-order valence-electron chi connectivity index (χ4n) is 4.96. The highest BCUT2D eigenvalue weighted by atomic mass is 16.5. The fraction of sp³-hybridized carbons (Fsp3) is 0.360. The van der Waals surface area contributed by atoms with Gasteiger partial charge in [0.2, 0.25) is 0 Å². The molecule has 0 saturated carbocycles. The Balaban J connectivity index is 1.71. The maximum atomic E-state index is 12.8. The number of hydrogen-bond donors (Lipinski definition) is 4. The quantitative estimate of drug-likeness (QED) is 0.462. The zero-order valence-electron chi connectivity index (χ0n) is 18.4. The maximum absolute atomic E-state index is 12.8. The lowest BCUT2D eigenvalue weighted by Crippen LogP contribution is -2.23. The number of phenolic OH excluding ortho intramolecular Hbond substituents is 2. The van der Waals surface area contributed by atoms with E-state index >= 15 is 0 Å². The van der Waals surface area contributed by atoms with Crippen molar-refractivity contribution in [3.8, 4) is 33.9 Å². The van der Waals surface area contributed by atoms with Gasteiger partial charge in [-0.1, -0.05) is 31.1 Å². The molecule has 32 heavy (non-hydrogen) atoms. The molecular weight excluding hydrogens is 406 g/mol. The minimum Gasteiger partial charge on any atom is -0.508 e. The molecule has 2 aromatic carbocycles. The molecule has 2 bridgehead atoms. The van der Waals surface area contributed by atoms with E-state index in [0.717, 1.165) is 18.4 Å². The number of hydrogen-bond acceptors (Lipinski definition) is 6. The number of aromatic hydroxyl groups is 2. The van der Waals surface area contributed by atoms with E-state index in [2.05, 4.69) is 27.9 Å². The molecule has 2 aliphatic heterocycles. The molecule has 2 unspecified atom stereocenters. The number of amides is 1. The summed E-state index contributed by atoms with van der Waals surface area (Å²) in [7, 11) is 0. The van der Waals surface area contributed by atoms with Crippen molar-refractivity contribution < 1.29 is 19.5 Å². The van der Waals surface area contributed by atoms with Crippen LogP contribution >= 0.6 is 0 Å². The van der Waals surface area contributed by atoms with Crippen molar-refractivity contribution in [3.63, 3.8) is 0 Å². The summed E-state index contributed by atoms with van der Waals surface area (Å²) in [5.41, 5.74) is 5.14. The third kappa shape index (κ3) is 3.15. The average Bonchev–Trinajstić information content (AvgIpc) is 3.48. The highest BCUT2D eigenvalue weighted by Crippen LogP contribution is 2.48. The van der Waals surface area contributed by atoms with Gasteiger partial charge in [0.05, 0.1) is 11.1 Å². The summed E-state index contributed by atoms with van der Waals surface area (Å²) < 4.78 is 5.67. The van der Waals surface area contributed by atoms with Gasteiger partial charge in [0.15, 0.2) is 11.5 Å². The van der Waals surface area contributed by atoms with E-state index in [1.165, 1.54) is 17.2 Å². The highest BCUT2D eigenvalue weighted by Gasteiger charge is 2.37. The normalized spacial score (nSPS) is 18.9. The van der Waals surface area contributed by atoms with Crippen LogP contribution in [0.2, 0.25) is 0 Å². The molecule has 3 aromatic rings. The summed E-state index contributed by atoms with van der Waals surface area (Å²) in [6, 6.07) is 9.93. The molecule has 2 aliphatic rings. The first-order valence-electron chi connectivity index (χ1n) is 11.1. The summed E-state index contributed by atoms with van der Waals surface area (Å²) in [5, 5.41) is 31.4. The van der Waals surface area contributed by atoms with Crippen LogP contribution in [-0.2, 0) is 0 Å². The highest BCUT2D eigenvalue weighted by molar-refractivity contribution is 6.02. The van der Waals surface area contributed by atoms with Crippen LogP contribution in [0.3, 0.4) is 0 Å². The average molecular weight is 434 g/mol. The molecule has 0 spiro atoms. The molecule has 7 heteroatoms. The zero-order chi connectivity index (χ0) is 22.6. The number of nitrogens with zero attached hydrogens (tertiary/aromatic N) is 1. The number of carbonyl (C=O) groups is 1. The number of fused-ring (bicyclic) bond motifs is 5. The maximum Gasteiger partial charge on any atom is 0.274 e. The fourth-order valence-corrected chi connectivity index (χ4v) is 4.96. The number of benzene rings is 2. The van der Waals surface area contributed by atoms with Gasteiger partial charge in [-0.25, -0.2) is 0 Å². The lowest BCUT2D eigenvalue weighted by atomic mass is 9.88. The summed E-state index contributed by atoms with van der Waals surface area (Å²) >= 11 is 0. The van der Waals surface area contributed by atoms with Crippen molar-refractivity contribution in [2.45, 2.75) is 51.6 Å². The Bertz CT molecular complexity index is 1210. The Kier molecular flexibility index (Phi) is 4.93. The first-order chi connectivity index (χ1) is 15.4. The second-order valence-corrected chi connectivity index (χ2v) is 8.87. The molecular formula is C25H27N3O4. The van der Waals surface area contributed by atoms with Crippen LogP contribution in [0, 0.1) is 0 Å². The van der Waals surface area contributed by atoms with Crippen molar-refractivity contribution >= 4 is 5.91 Å². The third-order valence-electron chi connectivity index (χ3n) is 6.53. The van der Waals surface area contributed by atoms with E-state index in [1.807, 2.05) is 26.8 Å². The predicted molar refractivity (Wildman–Crippen MR) is 121 cm³/mol. The Hall–Kier alpha value is -3.32. The molecule has 0 radical (unpaired) electrons. The van der Waals surface area contributed by atoms with Crippen LogP contribution < -0.4 is 10.6 Å². The summed E-state index contributed by atoms with van der Waals surface area (Å²) in [6.07, 6.45) is 2.23. The van der Waals surface area contributed by atoms with Crippen LogP contribution in [0.25, 0.3) is 22.5 Å². The molecule has 7 nitrogen and oxygen atoms in total. The molecule has 1 aromatic heterocycles. The monoisotopic (exact) mass is 433 g/mol. The van der Waals surface area contributed by atoms with Crippen molar-refractivity contribution in [1.29, 1.82) is 0 Å². The van der Waals surface area contributed by atoms with E-state index in [0.29, 0.717) is 41.1 Å². The van der Waals surface area contributed by atoms with Gasteiger partial charge in [0.1, 0.15) is 11.5 Å². The molecule has 1 amide bonds. The summed E-state index contributed by atoms with van der Waals surface area (Å²) in [4.78, 5) is 12.8. The first-order valence-corrected chi connectivity index (χ1v) is 11.1. The zero-order valence-corrected chi connectivity index (χ0v) is 18.4. The Morgan fingerprint density at radius 3 is 2.62 bits per heavy atom. The Morgan fingerprint density at radius 1 is 1.16 bits per heavy atom. The van der Waals surface area contributed by atoms with E-state index in [9.17, 15) is 15.0 Å².